The second kappa shape index (κ2) is 5.19. The molecule has 3 aromatic rings. The molecule has 0 saturated heterocycles. The number of nitrogens with zero attached hydrogens (tertiary/aromatic N) is 3. The molecule has 0 aliphatic carbocycles. The average molecular weight is 304 g/mol. The lowest BCUT2D eigenvalue weighted by Gasteiger charge is -2.17. The highest BCUT2D eigenvalue weighted by atomic mass is 35.5. The van der Waals surface area contributed by atoms with E-state index in [1.807, 2.05) is 24.1 Å². The first kappa shape index (κ1) is 13.0. The van der Waals surface area contributed by atoms with Crippen molar-refractivity contribution in [3.05, 3.63) is 58.1 Å². The molecular formula is C14H10ClN3OS. The number of hydrogen-bond acceptors (Lipinski definition) is 5. The third-order valence-corrected chi connectivity index (χ3v) is 4.26. The summed E-state index contributed by atoms with van der Waals surface area (Å²) < 4.78 is 0.823. The van der Waals surface area contributed by atoms with Gasteiger partial charge in [0.1, 0.15) is 0 Å². The van der Waals surface area contributed by atoms with Gasteiger partial charge >= 0.3 is 0 Å². The zero-order chi connectivity index (χ0) is 14.1. The minimum absolute atomic E-state index is 0.239. The lowest BCUT2D eigenvalue weighted by atomic mass is 10.3. The SMILES string of the molecule is CN(c1ccc(Cl)cc1)c1nc(=O)c2ccncc2s1. The topological polar surface area (TPSA) is 46.1 Å². The molecule has 0 N–H and O–H groups in total. The number of anilines is 2. The smallest absolute Gasteiger partial charge is 0.281 e. The first-order valence-corrected chi connectivity index (χ1v) is 7.09. The Hall–Kier alpha value is -1.98. The van der Waals surface area contributed by atoms with Gasteiger partial charge in [-0.05, 0) is 30.3 Å². The van der Waals surface area contributed by atoms with Crippen LogP contribution in [0, 0.1) is 0 Å². The first-order valence-electron chi connectivity index (χ1n) is 5.89. The van der Waals surface area contributed by atoms with Gasteiger partial charge in [-0.25, -0.2) is 0 Å². The van der Waals surface area contributed by atoms with Crippen molar-refractivity contribution in [2.45, 2.75) is 0 Å². The lowest BCUT2D eigenvalue weighted by Crippen LogP contribution is -2.15. The Morgan fingerprint density at radius 3 is 2.70 bits per heavy atom. The molecule has 0 spiro atoms. The summed E-state index contributed by atoms with van der Waals surface area (Å²) in [7, 11) is 1.86. The molecule has 4 nitrogen and oxygen atoms in total. The number of aromatic nitrogens is 2. The molecule has 0 radical (unpaired) electrons. The summed E-state index contributed by atoms with van der Waals surface area (Å²) >= 11 is 7.30. The van der Waals surface area contributed by atoms with Gasteiger partial charge in [0.15, 0.2) is 5.13 Å². The van der Waals surface area contributed by atoms with Gasteiger partial charge in [0.2, 0.25) is 0 Å². The van der Waals surface area contributed by atoms with Crippen LogP contribution >= 0.6 is 22.9 Å². The van der Waals surface area contributed by atoms with Crippen molar-refractivity contribution in [2.75, 3.05) is 11.9 Å². The van der Waals surface area contributed by atoms with Crippen molar-refractivity contribution >= 4 is 43.8 Å². The van der Waals surface area contributed by atoms with Crippen LogP contribution < -0.4 is 10.5 Å². The molecule has 0 saturated carbocycles. The Morgan fingerprint density at radius 2 is 1.95 bits per heavy atom. The van der Waals surface area contributed by atoms with E-state index in [1.165, 1.54) is 11.3 Å². The highest BCUT2D eigenvalue weighted by Gasteiger charge is 2.10. The van der Waals surface area contributed by atoms with Gasteiger partial charge in [-0.15, -0.1) is 0 Å². The molecule has 20 heavy (non-hydrogen) atoms. The van der Waals surface area contributed by atoms with Crippen LogP contribution in [-0.2, 0) is 0 Å². The molecule has 2 aromatic heterocycles. The number of benzene rings is 1. The van der Waals surface area contributed by atoms with Crippen molar-refractivity contribution in [3.63, 3.8) is 0 Å². The highest BCUT2D eigenvalue weighted by Crippen LogP contribution is 2.28. The van der Waals surface area contributed by atoms with E-state index in [1.54, 1.807) is 30.6 Å². The number of halogens is 1. The fourth-order valence-corrected chi connectivity index (χ4v) is 2.90. The molecule has 0 amide bonds. The van der Waals surface area contributed by atoms with E-state index in [9.17, 15) is 4.79 Å². The van der Waals surface area contributed by atoms with Gasteiger partial charge in [0, 0.05) is 30.2 Å². The van der Waals surface area contributed by atoms with E-state index in [4.69, 9.17) is 11.6 Å². The number of pyridine rings is 1. The molecule has 0 aliphatic heterocycles. The summed E-state index contributed by atoms with van der Waals surface area (Å²) in [5, 5.41) is 1.89. The first-order chi connectivity index (χ1) is 9.65. The van der Waals surface area contributed by atoms with E-state index in [0.717, 1.165) is 10.4 Å². The van der Waals surface area contributed by atoms with Crippen LogP contribution in [0.3, 0.4) is 0 Å². The van der Waals surface area contributed by atoms with Crippen molar-refractivity contribution < 1.29 is 0 Å². The standard InChI is InChI=1S/C14H10ClN3OS/c1-18(10-4-2-9(15)3-5-10)14-17-13(19)11-6-7-16-8-12(11)20-14/h2-8H,1H3. The average Bonchev–Trinajstić information content (AvgIpc) is 2.47. The maximum atomic E-state index is 12.0. The minimum Gasteiger partial charge on any atom is -0.321 e. The summed E-state index contributed by atoms with van der Waals surface area (Å²) in [6.07, 6.45) is 3.28. The predicted molar refractivity (Wildman–Crippen MR) is 83.2 cm³/mol. The van der Waals surface area contributed by atoms with E-state index in [2.05, 4.69) is 9.97 Å². The maximum absolute atomic E-state index is 12.0. The quantitative estimate of drug-likeness (QED) is 0.727. The van der Waals surface area contributed by atoms with Gasteiger partial charge in [-0.3, -0.25) is 9.78 Å². The van der Waals surface area contributed by atoms with Gasteiger partial charge in [-0.1, -0.05) is 22.9 Å². The number of rotatable bonds is 2. The zero-order valence-corrected chi connectivity index (χ0v) is 12.1. The fraction of sp³-hybridized carbons (Fsp3) is 0.0714. The highest BCUT2D eigenvalue weighted by molar-refractivity contribution is 7.21. The number of fused-ring (bicyclic) bond motifs is 1. The van der Waals surface area contributed by atoms with E-state index in [0.29, 0.717) is 15.5 Å². The normalized spacial score (nSPS) is 10.7. The van der Waals surface area contributed by atoms with Crippen LogP contribution in [0.1, 0.15) is 0 Å². The molecule has 1 aromatic carbocycles. The zero-order valence-electron chi connectivity index (χ0n) is 10.6. The van der Waals surface area contributed by atoms with Gasteiger partial charge in [-0.2, -0.15) is 4.98 Å². The molecule has 0 atom stereocenters. The van der Waals surface area contributed by atoms with Gasteiger partial charge < -0.3 is 4.90 Å². The minimum atomic E-state index is -0.239. The van der Waals surface area contributed by atoms with Crippen LogP contribution in [0.5, 0.6) is 0 Å². The molecule has 6 heteroatoms. The molecule has 0 aliphatic rings. The van der Waals surface area contributed by atoms with Crippen LogP contribution in [0.25, 0.3) is 10.1 Å². The molecule has 0 unspecified atom stereocenters. The van der Waals surface area contributed by atoms with Crippen molar-refractivity contribution in [1.82, 2.24) is 9.97 Å². The maximum Gasteiger partial charge on any atom is 0.281 e. The molecule has 2 heterocycles. The summed E-state index contributed by atoms with van der Waals surface area (Å²) in [5.41, 5.74) is 0.678. The Labute approximate surface area is 124 Å². The molecule has 0 fully saturated rings. The Balaban J connectivity index is 2.10. The molecule has 3 rings (SSSR count). The Kier molecular flexibility index (Phi) is 3.38. The van der Waals surface area contributed by atoms with Gasteiger partial charge in [0.25, 0.3) is 5.56 Å². The predicted octanol–water partition coefficient (Wildman–Crippen LogP) is 3.47. The Bertz CT molecular complexity index is 817. The van der Waals surface area contributed by atoms with Crippen LogP contribution in [0.15, 0.2) is 47.5 Å². The van der Waals surface area contributed by atoms with Crippen molar-refractivity contribution in [1.29, 1.82) is 0 Å². The number of hydrogen-bond donors (Lipinski definition) is 0. The summed E-state index contributed by atoms with van der Waals surface area (Å²) in [6, 6.07) is 9.06. The van der Waals surface area contributed by atoms with Crippen LogP contribution in [0.2, 0.25) is 5.02 Å². The van der Waals surface area contributed by atoms with E-state index < -0.39 is 0 Å². The fourth-order valence-electron chi connectivity index (χ4n) is 1.82. The van der Waals surface area contributed by atoms with Crippen LogP contribution in [-0.4, -0.2) is 17.0 Å². The monoisotopic (exact) mass is 303 g/mol. The third-order valence-electron chi connectivity index (χ3n) is 2.91. The van der Waals surface area contributed by atoms with Gasteiger partial charge in [0.05, 0.1) is 10.1 Å². The molecular weight excluding hydrogens is 294 g/mol. The van der Waals surface area contributed by atoms with Crippen molar-refractivity contribution in [3.8, 4) is 0 Å². The summed E-state index contributed by atoms with van der Waals surface area (Å²) in [4.78, 5) is 22.0. The molecule has 0 bridgehead atoms. The largest absolute Gasteiger partial charge is 0.321 e. The van der Waals surface area contributed by atoms with E-state index in [-0.39, 0.29) is 5.56 Å². The lowest BCUT2D eigenvalue weighted by molar-refractivity contribution is 1.14. The third kappa shape index (κ3) is 2.37. The Morgan fingerprint density at radius 1 is 1.20 bits per heavy atom. The summed E-state index contributed by atoms with van der Waals surface area (Å²) in [5.74, 6) is 0. The summed E-state index contributed by atoms with van der Waals surface area (Å²) in [6.45, 7) is 0. The molecule has 100 valence electrons. The van der Waals surface area contributed by atoms with E-state index >= 15 is 0 Å². The van der Waals surface area contributed by atoms with Crippen LogP contribution in [0.4, 0.5) is 10.8 Å². The van der Waals surface area contributed by atoms with Crippen molar-refractivity contribution in [2.24, 2.45) is 0 Å². The second-order valence-corrected chi connectivity index (χ2v) is 5.65. The second-order valence-electron chi connectivity index (χ2n) is 4.21.